The topological polar surface area (TPSA) is 234 Å². The molecular weight excluding hydrogens is 687 g/mol. The summed E-state index contributed by atoms with van der Waals surface area (Å²) in [4.78, 5) is 17.2. The predicted octanol–water partition coefficient (Wildman–Crippen LogP) is -1.02. The average Bonchev–Trinajstić information content (AvgIpc) is 2.67. The van der Waals surface area contributed by atoms with E-state index in [1.807, 2.05) is 55.4 Å². The van der Waals surface area contributed by atoms with Gasteiger partial charge in [0.2, 0.25) is 0 Å². The van der Waals surface area contributed by atoms with E-state index in [0.717, 1.165) is 0 Å². The molecule has 0 spiro atoms. The SMILES string of the molecule is CC(C)CO[O][Ti](=[O])[O-].CC(C)CO[O][Ti](=[O])[O-].CC(C)CO[O][Ti](=[O])[O-].CC(C)CO[O][Ti](=[O])[O-].[Ti+4]. The maximum atomic E-state index is 9.77. The van der Waals surface area contributed by atoms with E-state index < -0.39 is 74.5 Å². The molecule has 0 atom stereocenters. The fourth-order valence-electron chi connectivity index (χ4n) is 0.873. The van der Waals surface area contributed by atoms with Crippen LogP contribution in [0.5, 0.6) is 0 Å². The zero-order valence-corrected chi connectivity index (χ0v) is 30.0. The molecule has 21 heteroatoms. The van der Waals surface area contributed by atoms with Gasteiger partial charge >= 0.3 is 263 Å². The van der Waals surface area contributed by atoms with Crippen LogP contribution in [0.4, 0.5) is 0 Å². The zero-order chi connectivity index (χ0) is 29.1. The maximum Gasteiger partial charge on any atom is 4.00 e. The standard InChI is InChI=1S/4C4H10O2.8O.5Ti/c4*1-4(2)3-6-5;;;;;;;;;;;;;/h4*4-5H,3H2,1-2H3;;;;;;;;;;;;;/q;;;;;;;;4*-1;4*+1;+4/p-4. The molecule has 0 N–H and O–H groups in total. The van der Waals surface area contributed by atoms with Crippen LogP contribution >= 0.6 is 0 Å². The number of rotatable bonds is 16. The fraction of sp³-hybridized carbons (Fsp3) is 1.00. The Bertz CT molecular complexity index is 469. The van der Waals surface area contributed by atoms with Crippen LogP contribution in [-0.4, -0.2) is 26.4 Å². The van der Waals surface area contributed by atoms with E-state index in [4.69, 9.17) is 0 Å². The first-order valence-electron chi connectivity index (χ1n) is 10.5. The molecule has 0 radical (unpaired) electrons. The van der Waals surface area contributed by atoms with Crippen LogP contribution in [0.15, 0.2) is 0 Å². The molecule has 0 heterocycles. The van der Waals surface area contributed by atoms with Crippen molar-refractivity contribution in [1.82, 2.24) is 0 Å². The van der Waals surface area contributed by atoms with Gasteiger partial charge in [0.1, 0.15) is 0 Å². The Kier molecular flexibility index (Phi) is 48.1. The summed E-state index contributed by atoms with van der Waals surface area (Å²) in [6.45, 7) is 16.5. The van der Waals surface area contributed by atoms with Gasteiger partial charge in [-0.1, -0.05) is 0 Å². The van der Waals surface area contributed by atoms with Gasteiger partial charge in [-0.3, -0.25) is 0 Å². The summed E-state index contributed by atoms with van der Waals surface area (Å²) in [5, 5.41) is 0. The molecule has 0 amide bonds. The maximum absolute atomic E-state index is 9.77. The molecule has 0 saturated carbocycles. The Balaban J connectivity index is -0.000000122. The summed E-state index contributed by atoms with van der Waals surface area (Å²) in [5.41, 5.74) is 0. The quantitative estimate of drug-likeness (QED) is 0.105. The van der Waals surface area contributed by atoms with Crippen LogP contribution in [0, 0.1) is 23.7 Å². The normalized spacial score (nSPS) is 9.95. The van der Waals surface area contributed by atoms with E-state index in [1.165, 1.54) is 0 Å². The van der Waals surface area contributed by atoms with E-state index in [-0.39, 0.29) is 21.7 Å². The van der Waals surface area contributed by atoms with Gasteiger partial charge in [0.05, 0.1) is 0 Å². The molecule has 0 rings (SSSR count). The Hall–Kier alpha value is 2.29. The molecule has 0 aromatic carbocycles. The van der Waals surface area contributed by atoms with Crippen molar-refractivity contribution in [2.45, 2.75) is 55.4 Å². The molecule has 0 unspecified atom stereocenters. The largest absolute Gasteiger partial charge is 4.00 e. The molecule has 37 heavy (non-hydrogen) atoms. The molecule has 0 aromatic rings. The molecule has 0 aromatic heterocycles. The third-order valence-electron chi connectivity index (χ3n) is 2.11. The molecule has 0 aliphatic carbocycles. The molecule has 0 fully saturated rings. The van der Waals surface area contributed by atoms with E-state index >= 15 is 0 Å². The van der Waals surface area contributed by atoms with Crippen LogP contribution in [0.25, 0.3) is 0 Å². The van der Waals surface area contributed by atoms with E-state index in [0.29, 0.717) is 50.1 Å². The molecule has 16 nitrogen and oxygen atoms in total. The Morgan fingerprint density at radius 1 is 0.432 bits per heavy atom. The van der Waals surface area contributed by atoms with Crippen molar-refractivity contribution in [2.75, 3.05) is 26.4 Å². The second kappa shape index (κ2) is 36.3. The number of hydrogen-bond donors (Lipinski definition) is 0. The van der Waals surface area contributed by atoms with E-state index in [9.17, 15) is 28.1 Å². The van der Waals surface area contributed by atoms with Gasteiger partial charge in [0.15, 0.2) is 0 Å². The van der Waals surface area contributed by atoms with Crippen molar-refractivity contribution in [3.63, 3.8) is 0 Å². The first kappa shape index (κ1) is 49.0. The summed E-state index contributed by atoms with van der Waals surface area (Å²) >= 11 is -14.7. The molecule has 0 aliphatic rings. The molecule has 0 bridgehead atoms. The van der Waals surface area contributed by atoms with Crippen LogP contribution in [0.1, 0.15) is 55.4 Å². The number of hydrogen-bond acceptors (Lipinski definition) is 16. The Labute approximate surface area is 260 Å². The molecular formula is C16H36O16Ti5. The minimum Gasteiger partial charge on any atom is 4.00 e. The van der Waals surface area contributed by atoms with Crippen molar-refractivity contribution in [2.24, 2.45) is 23.7 Å². The third kappa shape index (κ3) is 73.0. The van der Waals surface area contributed by atoms with E-state index in [2.05, 4.69) is 33.4 Å². The fourth-order valence-corrected chi connectivity index (χ4v) is 1.90. The Morgan fingerprint density at radius 3 is 0.649 bits per heavy atom. The van der Waals surface area contributed by atoms with Gasteiger partial charge in [-0.15, -0.1) is 0 Å². The van der Waals surface area contributed by atoms with Crippen LogP contribution < -0.4 is 14.8 Å². The van der Waals surface area contributed by atoms with Gasteiger partial charge in [-0.25, -0.2) is 0 Å². The van der Waals surface area contributed by atoms with Crippen LogP contribution in [-0.2, 0) is 143 Å². The summed E-state index contributed by atoms with van der Waals surface area (Å²) in [7, 11) is 0. The molecule has 0 aliphatic heterocycles. The average molecular weight is 724 g/mol. The Morgan fingerprint density at radius 2 is 0.568 bits per heavy atom. The smallest absolute Gasteiger partial charge is 4.00 e. The zero-order valence-electron chi connectivity index (χ0n) is 22.2. The van der Waals surface area contributed by atoms with Crippen molar-refractivity contribution < 1.29 is 158 Å². The summed E-state index contributed by atoms with van der Waals surface area (Å²) in [5.74, 6) is 1.18. The molecule has 0 saturated heterocycles. The van der Waals surface area contributed by atoms with Crippen molar-refractivity contribution >= 4 is 0 Å². The minimum absolute atomic E-state index is 0. The second-order valence-electron chi connectivity index (χ2n) is 8.05. The van der Waals surface area contributed by atoms with Gasteiger partial charge in [-0.05, 0) is 0 Å². The van der Waals surface area contributed by atoms with Gasteiger partial charge in [0, 0.05) is 0 Å². The van der Waals surface area contributed by atoms with E-state index in [1.54, 1.807) is 0 Å². The van der Waals surface area contributed by atoms with Crippen molar-refractivity contribution in [3.05, 3.63) is 0 Å². The van der Waals surface area contributed by atoms with Crippen molar-refractivity contribution in [3.8, 4) is 0 Å². The first-order valence-corrected chi connectivity index (χ1v) is 18.2. The predicted molar refractivity (Wildman–Crippen MR) is 90.2 cm³/mol. The second-order valence-corrected chi connectivity index (χ2v) is 12.2. The van der Waals surface area contributed by atoms with Crippen LogP contribution in [0.2, 0.25) is 0 Å². The van der Waals surface area contributed by atoms with Crippen LogP contribution in [0.3, 0.4) is 0 Å². The van der Waals surface area contributed by atoms with Gasteiger partial charge < -0.3 is 0 Å². The molecule has 216 valence electrons. The van der Waals surface area contributed by atoms with Gasteiger partial charge in [0.25, 0.3) is 0 Å². The summed E-state index contributed by atoms with van der Waals surface area (Å²) in [6, 6.07) is 0. The summed E-state index contributed by atoms with van der Waals surface area (Å²) in [6.07, 6.45) is 0. The summed E-state index contributed by atoms with van der Waals surface area (Å²) < 4.78 is 93.8. The monoisotopic (exact) mass is 724 g/mol. The third-order valence-corrected chi connectivity index (χ3v) is 3.70. The first-order chi connectivity index (χ1) is 16.5. The van der Waals surface area contributed by atoms with Crippen molar-refractivity contribution in [1.29, 1.82) is 0 Å². The van der Waals surface area contributed by atoms with Gasteiger partial charge in [-0.2, -0.15) is 0 Å². The minimum atomic E-state index is -3.68.